The maximum absolute atomic E-state index is 6.55. The van der Waals surface area contributed by atoms with Gasteiger partial charge in [-0.3, -0.25) is 0 Å². The average molecular weight is 345 g/mol. The first-order chi connectivity index (χ1) is 11.7. The molecule has 0 spiro atoms. The van der Waals surface area contributed by atoms with Gasteiger partial charge in [0.15, 0.2) is 8.32 Å². The molecule has 0 unspecified atom stereocenters. The van der Waals surface area contributed by atoms with E-state index in [2.05, 4.69) is 63.8 Å². The molecule has 134 valence electrons. The van der Waals surface area contributed by atoms with Crippen molar-refractivity contribution >= 4 is 8.32 Å². The topological polar surface area (TPSA) is 9.23 Å². The molecule has 0 saturated carbocycles. The number of benzene rings is 1. The summed E-state index contributed by atoms with van der Waals surface area (Å²) in [5.41, 5.74) is 2.37. The smallest absolute Gasteiger partial charge is 0.194 e. The molecule has 0 saturated heterocycles. The van der Waals surface area contributed by atoms with Gasteiger partial charge in [0, 0.05) is 5.56 Å². The summed E-state index contributed by atoms with van der Waals surface area (Å²) in [6.07, 6.45) is 7.74. The van der Waals surface area contributed by atoms with Crippen LogP contribution in [-0.2, 0) is 4.43 Å². The van der Waals surface area contributed by atoms with Gasteiger partial charge < -0.3 is 4.43 Å². The van der Waals surface area contributed by atoms with E-state index >= 15 is 0 Å². The number of unbranched alkanes of at least 4 members (excludes halogenated alkanes) is 3. The van der Waals surface area contributed by atoms with Crippen molar-refractivity contribution in [2.45, 2.75) is 84.4 Å². The lowest BCUT2D eigenvalue weighted by atomic mass is 10.2. The van der Waals surface area contributed by atoms with Gasteiger partial charge in [0.2, 0.25) is 0 Å². The van der Waals surface area contributed by atoms with E-state index < -0.39 is 8.32 Å². The molecule has 0 radical (unpaired) electrons. The molecule has 1 aromatic rings. The second kappa shape index (κ2) is 12.3. The summed E-state index contributed by atoms with van der Waals surface area (Å²) < 4.78 is 6.55. The Balaban J connectivity index is 2.69. The molecule has 0 bridgehead atoms. The first kappa shape index (κ1) is 21.0. The fraction of sp³-hybridized carbons (Fsp3) is 0.636. The first-order valence-electron chi connectivity index (χ1n) is 9.85. The van der Waals surface area contributed by atoms with E-state index in [1.165, 1.54) is 62.2 Å². The third-order valence-electron chi connectivity index (χ3n) is 4.69. The zero-order valence-electron chi connectivity index (χ0n) is 16.3. The Labute approximate surface area is 151 Å². The van der Waals surface area contributed by atoms with Gasteiger partial charge in [0.05, 0.1) is 6.61 Å². The minimum atomic E-state index is -1.61. The number of hydrogen-bond acceptors (Lipinski definition) is 1. The van der Waals surface area contributed by atoms with Crippen molar-refractivity contribution in [3.8, 4) is 11.8 Å². The van der Waals surface area contributed by atoms with Gasteiger partial charge in [-0.2, -0.15) is 0 Å². The summed E-state index contributed by atoms with van der Waals surface area (Å²) in [7, 11) is -1.61. The van der Waals surface area contributed by atoms with Crippen molar-refractivity contribution in [3.63, 3.8) is 0 Å². The molecular weight excluding hydrogens is 308 g/mol. The molecule has 0 heterocycles. The zero-order chi connectivity index (χ0) is 17.7. The fourth-order valence-corrected chi connectivity index (χ4v) is 7.61. The van der Waals surface area contributed by atoms with Crippen molar-refractivity contribution in [2.75, 3.05) is 6.61 Å². The maximum atomic E-state index is 6.55. The number of aryl methyl sites for hydroxylation is 1. The van der Waals surface area contributed by atoms with Crippen LogP contribution in [0.2, 0.25) is 18.1 Å². The Morgan fingerprint density at radius 2 is 1.33 bits per heavy atom. The predicted molar refractivity (Wildman–Crippen MR) is 109 cm³/mol. The normalized spacial score (nSPS) is 11.2. The Morgan fingerprint density at radius 3 is 1.79 bits per heavy atom. The third-order valence-corrected chi connectivity index (χ3v) is 9.24. The van der Waals surface area contributed by atoms with E-state index in [0.29, 0.717) is 6.61 Å². The van der Waals surface area contributed by atoms with Gasteiger partial charge in [-0.05, 0) is 37.2 Å². The van der Waals surface area contributed by atoms with Crippen molar-refractivity contribution < 1.29 is 4.43 Å². The lowest BCUT2D eigenvalue weighted by Crippen LogP contribution is -2.38. The molecule has 0 aliphatic heterocycles. The maximum Gasteiger partial charge on any atom is 0.194 e. The monoisotopic (exact) mass is 344 g/mol. The molecule has 0 atom stereocenters. The average Bonchev–Trinajstić information content (AvgIpc) is 2.61. The van der Waals surface area contributed by atoms with Crippen molar-refractivity contribution in [2.24, 2.45) is 0 Å². The molecule has 0 aliphatic carbocycles. The number of rotatable bonds is 11. The van der Waals surface area contributed by atoms with Crippen LogP contribution < -0.4 is 0 Å². The van der Waals surface area contributed by atoms with Crippen LogP contribution in [0.3, 0.4) is 0 Å². The molecule has 24 heavy (non-hydrogen) atoms. The second-order valence-electron chi connectivity index (χ2n) is 6.95. The highest BCUT2D eigenvalue weighted by Gasteiger charge is 2.32. The molecule has 0 aliphatic rings. The van der Waals surface area contributed by atoms with E-state index in [1.54, 1.807) is 0 Å². The Hall–Kier alpha value is -1.04. The van der Waals surface area contributed by atoms with Gasteiger partial charge in [-0.25, -0.2) is 0 Å². The molecule has 0 aromatic heterocycles. The van der Waals surface area contributed by atoms with Crippen LogP contribution in [0.15, 0.2) is 24.3 Å². The van der Waals surface area contributed by atoms with Crippen LogP contribution in [0.1, 0.15) is 70.4 Å². The van der Waals surface area contributed by atoms with Crippen molar-refractivity contribution in [1.29, 1.82) is 0 Å². The third kappa shape index (κ3) is 8.17. The van der Waals surface area contributed by atoms with Crippen LogP contribution >= 0.6 is 0 Å². The minimum absolute atomic E-state index is 0.608. The highest BCUT2D eigenvalue weighted by Crippen LogP contribution is 2.29. The minimum Gasteiger partial charge on any atom is -0.406 e. The van der Waals surface area contributed by atoms with Crippen LogP contribution in [0.5, 0.6) is 0 Å². The van der Waals surface area contributed by atoms with Gasteiger partial charge >= 0.3 is 0 Å². The second-order valence-corrected chi connectivity index (χ2v) is 11.1. The Morgan fingerprint density at radius 1 is 0.833 bits per heavy atom. The highest BCUT2D eigenvalue weighted by atomic mass is 28.4. The number of hydrogen-bond donors (Lipinski definition) is 0. The Bertz CT molecular complexity index is 473. The molecule has 0 amide bonds. The van der Waals surface area contributed by atoms with Gasteiger partial charge in [0.1, 0.15) is 0 Å². The van der Waals surface area contributed by atoms with E-state index in [1.807, 2.05) is 0 Å². The van der Waals surface area contributed by atoms with E-state index in [4.69, 9.17) is 4.43 Å². The summed E-state index contributed by atoms with van der Waals surface area (Å²) in [5, 5.41) is 0. The molecule has 2 heteroatoms. The summed E-state index contributed by atoms with van der Waals surface area (Å²) in [6.45, 7) is 9.58. The van der Waals surface area contributed by atoms with Crippen LogP contribution in [0.4, 0.5) is 0 Å². The zero-order valence-corrected chi connectivity index (χ0v) is 17.3. The molecule has 1 nitrogen and oxygen atoms in total. The van der Waals surface area contributed by atoms with E-state index in [-0.39, 0.29) is 0 Å². The molecule has 1 aromatic carbocycles. The largest absolute Gasteiger partial charge is 0.406 e. The fourth-order valence-electron chi connectivity index (χ4n) is 3.05. The highest BCUT2D eigenvalue weighted by molar-refractivity contribution is 6.73. The van der Waals surface area contributed by atoms with Gasteiger partial charge in [-0.1, -0.05) is 88.8 Å². The molecule has 0 fully saturated rings. The molecular formula is C22H36OSi. The molecule has 1 rings (SSSR count). The van der Waals surface area contributed by atoms with Crippen LogP contribution in [0, 0.1) is 18.8 Å². The summed E-state index contributed by atoms with van der Waals surface area (Å²) in [5.74, 6) is 6.53. The summed E-state index contributed by atoms with van der Waals surface area (Å²) >= 11 is 0. The summed E-state index contributed by atoms with van der Waals surface area (Å²) in [6, 6.07) is 12.4. The van der Waals surface area contributed by atoms with E-state index in [0.717, 1.165) is 5.56 Å². The van der Waals surface area contributed by atoms with Crippen molar-refractivity contribution in [3.05, 3.63) is 35.4 Å². The van der Waals surface area contributed by atoms with Crippen molar-refractivity contribution in [1.82, 2.24) is 0 Å². The SMILES string of the molecule is CCCC[Si](CCCC)(CCCC)OCC#Cc1ccc(C)cc1. The lowest BCUT2D eigenvalue weighted by Gasteiger charge is -2.31. The van der Waals surface area contributed by atoms with Crippen LogP contribution in [-0.4, -0.2) is 14.9 Å². The quantitative estimate of drug-likeness (QED) is 0.320. The Kier molecular flexibility index (Phi) is 10.8. The standard InChI is InChI=1S/C22H36OSi/c1-5-8-18-24(19-9-6-2,20-10-7-3)23-17-11-12-22-15-13-21(4)14-16-22/h13-16H,5-10,17-20H2,1-4H3. The van der Waals surface area contributed by atoms with E-state index in [9.17, 15) is 0 Å². The van der Waals surface area contributed by atoms with Gasteiger partial charge in [-0.15, -0.1) is 0 Å². The predicted octanol–water partition coefficient (Wildman–Crippen LogP) is 6.71. The van der Waals surface area contributed by atoms with Crippen LogP contribution in [0.25, 0.3) is 0 Å². The summed E-state index contributed by atoms with van der Waals surface area (Å²) in [4.78, 5) is 0. The van der Waals surface area contributed by atoms with Gasteiger partial charge in [0.25, 0.3) is 0 Å². The molecule has 0 N–H and O–H groups in total. The first-order valence-corrected chi connectivity index (χ1v) is 12.4. The lowest BCUT2D eigenvalue weighted by molar-refractivity contribution is 0.342.